The lowest BCUT2D eigenvalue weighted by atomic mass is 9.72. The van der Waals surface area contributed by atoms with E-state index < -0.39 is 17.6 Å². The Bertz CT molecular complexity index is 699. The minimum absolute atomic E-state index is 0.0728. The molecule has 1 aromatic heterocycles. The third-order valence-electron chi connectivity index (χ3n) is 5.32. The van der Waals surface area contributed by atoms with E-state index in [-0.39, 0.29) is 17.9 Å². The highest BCUT2D eigenvalue weighted by Gasteiger charge is 2.41. The van der Waals surface area contributed by atoms with Crippen LogP contribution in [0, 0.1) is 5.41 Å². The van der Waals surface area contributed by atoms with E-state index in [9.17, 15) is 22.8 Å². The van der Waals surface area contributed by atoms with Crippen molar-refractivity contribution in [2.45, 2.75) is 31.9 Å². The van der Waals surface area contributed by atoms with Crippen LogP contribution in [0.5, 0.6) is 0 Å². The SMILES string of the molecule is NC(=O)CN1CC2(CCC1=O)CCN(c1cc(C(F)(F)F)ccn1)CC2. The highest BCUT2D eigenvalue weighted by atomic mass is 19.4. The summed E-state index contributed by atoms with van der Waals surface area (Å²) in [5, 5.41) is 0. The second kappa shape index (κ2) is 6.77. The topological polar surface area (TPSA) is 79.5 Å². The van der Waals surface area contributed by atoms with Crippen molar-refractivity contribution in [3.8, 4) is 0 Å². The Hall–Kier alpha value is -2.32. The molecule has 2 amide bonds. The fourth-order valence-electron chi connectivity index (χ4n) is 3.82. The van der Waals surface area contributed by atoms with Gasteiger partial charge >= 0.3 is 6.18 Å². The number of nitrogens with two attached hydrogens (primary N) is 1. The van der Waals surface area contributed by atoms with Gasteiger partial charge < -0.3 is 15.5 Å². The molecule has 1 spiro atoms. The molecule has 2 aliphatic rings. The van der Waals surface area contributed by atoms with E-state index in [0.29, 0.717) is 31.9 Å². The first-order valence-electron chi connectivity index (χ1n) is 8.53. The van der Waals surface area contributed by atoms with Crippen LogP contribution in [0.2, 0.25) is 0 Å². The minimum atomic E-state index is -4.40. The predicted molar refractivity (Wildman–Crippen MR) is 88.1 cm³/mol. The molecule has 2 N–H and O–H groups in total. The number of piperidine rings is 2. The van der Waals surface area contributed by atoms with Crippen LogP contribution in [-0.2, 0) is 15.8 Å². The number of amides is 2. The first kappa shape index (κ1) is 18.5. The lowest BCUT2D eigenvalue weighted by Gasteiger charge is -2.47. The van der Waals surface area contributed by atoms with Crippen molar-refractivity contribution in [1.29, 1.82) is 0 Å². The standard InChI is InChI=1S/C17H21F3N4O2/c18-17(19,20)12-2-6-22-14(9-12)23-7-4-16(5-8-23)3-1-15(26)24(11-16)10-13(21)25/h2,6,9H,1,3-5,7-8,10-11H2,(H2,21,25). The van der Waals surface area contributed by atoms with E-state index in [0.717, 1.165) is 31.4 Å². The Morgan fingerprint density at radius 2 is 1.96 bits per heavy atom. The molecule has 0 aliphatic carbocycles. The van der Waals surface area contributed by atoms with Crippen LogP contribution in [0.15, 0.2) is 18.3 Å². The zero-order valence-electron chi connectivity index (χ0n) is 14.3. The number of hydrogen-bond donors (Lipinski definition) is 1. The number of hydrogen-bond acceptors (Lipinski definition) is 4. The number of likely N-dealkylation sites (tertiary alicyclic amines) is 1. The van der Waals surface area contributed by atoms with Crippen molar-refractivity contribution in [3.05, 3.63) is 23.9 Å². The smallest absolute Gasteiger partial charge is 0.368 e. The highest BCUT2D eigenvalue weighted by molar-refractivity contribution is 5.84. The quantitative estimate of drug-likeness (QED) is 0.880. The summed E-state index contributed by atoms with van der Waals surface area (Å²) in [6, 6.07) is 2.03. The number of rotatable bonds is 3. The second-order valence-corrected chi connectivity index (χ2v) is 7.10. The Morgan fingerprint density at radius 1 is 1.27 bits per heavy atom. The molecule has 0 bridgehead atoms. The molecule has 1 aromatic rings. The van der Waals surface area contributed by atoms with Crippen molar-refractivity contribution in [2.24, 2.45) is 11.1 Å². The number of alkyl halides is 3. The molecule has 0 radical (unpaired) electrons. The molecule has 26 heavy (non-hydrogen) atoms. The molecule has 0 saturated carbocycles. The lowest BCUT2D eigenvalue weighted by Crippen LogP contribution is -2.53. The fraction of sp³-hybridized carbons (Fsp3) is 0.588. The van der Waals surface area contributed by atoms with Gasteiger partial charge in [0.1, 0.15) is 5.82 Å². The molecule has 6 nitrogen and oxygen atoms in total. The highest BCUT2D eigenvalue weighted by Crippen LogP contribution is 2.41. The van der Waals surface area contributed by atoms with E-state index in [4.69, 9.17) is 5.73 Å². The first-order chi connectivity index (χ1) is 12.2. The van der Waals surface area contributed by atoms with Crippen molar-refractivity contribution in [2.75, 3.05) is 31.1 Å². The molecule has 9 heteroatoms. The molecule has 3 rings (SSSR count). The van der Waals surface area contributed by atoms with Gasteiger partial charge in [0, 0.05) is 32.3 Å². The molecule has 2 fully saturated rings. The Balaban J connectivity index is 1.67. The van der Waals surface area contributed by atoms with E-state index in [1.54, 1.807) is 0 Å². The zero-order chi connectivity index (χ0) is 18.9. The number of carbonyl (C=O) groups excluding carboxylic acids is 2. The van der Waals surface area contributed by atoms with E-state index in [2.05, 4.69) is 4.98 Å². The molecule has 2 saturated heterocycles. The summed E-state index contributed by atoms with van der Waals surface area (Å²) in [5.41, 5.74) is 4.39. The monoisotopic (exact) mass is 370 g/mol. The largest absolute Gasteiger partial charge is 0.416 e. The summed E-state index contributed by atoms with van der Waals surface area (Å²) in [6.07, 6.45) is -0.662. The molecule has 0 unspecified atom stereocenters. The number of nitrogens with zero attached hydrogens (tertiary/aromatic N) is 3. The fourth-order valence-corrected chi connectivity index (χ4v) is 3.82. The van der Waals surface area contributed by atoms with Gasteiger partial charge in [0.15, 0.2) is 0 Å². The maximum atomic E-state index is 12.9. The third kappa shape index (κ3) is 3.91. The summed E-state index contributed by atoms with van der Waals surface area (Å²) >= 11 is 0. The van der Waals surface area contributed by atoms with Crippen LogP contribution in [0.1, 0.15) is 31.2 Å². The van der Waals surface area contributed by atoms with E-state index in [1.807, 2.05) is 4.90 Å². The van der Waals surface area contributed by atoms with Gasteiger partial charge in [-0.15, -0.1) is 0 Å². The van der Waals surface area contributed by atoms with Crippen LogP contribution >= 0.6 is 0 Å². The van der Waals surface area contributed by atoms with Crippen LogP contribution in [0.3, 0.4) is 0 Å². The lowest BCUT2D eigenvalue weighted by molar-refractivity contribution is -0.141. The van der Waals surface area contributed by atoms with Crippen molar-refractivity contribution >= 4 is 17.6 Å². The minimum Gasteiger partial charge on any atom is -0.368 e. The van der Waals surface area contributed by atoms with Gasteiger partial charge in [0.05, 0.1) is 12.1 Å². The Morgan fingerprint density at radius 3 is 2.58 bits per heavy atom. The Labute approximate surface area is 149 Å². The van der Waals surface area contributed by atoms with Gasteiger partial charge in [0.2, 0.25) is 11.8 Å². The third-order valence-corrected chi connectivity index (χ3v) is 5.32. The first-order valence-corrected chi connectivity index (χ1v) is 8.53. The molecule has 142 valence electrons. The van der Waals surface area contributed by atoms with E-state index in [1.165, 1.54) is 11.1 Å². The number of aromatic nitrogens is 1. The molecule has 3 heterocycles. The summed E-state index contributed by atoms with van der Waals surface area (Å²) in [7, 11) is 0. The summed E-state index contributed by atoms with van der Waals surface area (Å²) in [5.74, 6) is -0.298. The molecular formula is C17H21F3N4O2. The van der Waals surface area contributed by atoms with Crippen molar-refractivity contribution in [3.63, 3.8) is 0 Å². The maximum absolute atomic E-state index is 12.9. The second-order valence-electron chi connectivity index (χ2n) is 7.10. The molecule has 0 atom stereocenters. The van der Waals surface area contributed by atoms with Gasteiger partial charge in [-0.3, -0.25) is 9.59 Å². The van der Waals surface area contributed by atoms with Gasteiger partial charge in [-0.25, -0.2) is 4.98 Å². The van der Waals surface area contributed by atoms with Crippen LogP contribution < -0.4 is 10.6 Å². The number of carbonyl (C=O) groups is 2. The maximum Gasteiger partial charge on any atom is 0.416 e. The summed E-state index contributed by atoms with van der Waals surface area (Å²) < 4.78 is 38.6. The number of primary amides is 1. The Kier molecular flexibility index (Phi) is 4.81. The van der Waals surface area contributed by atoms with Gasteiger partial charge in [-0.1, -0.05) is 0 Å². The average Bonchev–Trinajstić information content (AvgIpc) is 2.58. The summed E-state index contributed by atoms with van der Waals surface area (Å²) in [4.78, 5) is 30.5. The van der Waals surface area contributed by atoms with Crippen molar-refractivity contribution in [1.82, 2.24) is 9.88 Å². The normalized spacial score (nSPS) is 20.5. The van der Waals surface area contributed by atoms with Gasteiger partial charge in [0.25, 0.3) is 0 Å². The van der Waals surface area contributed by atoms with Crippen LogP contribution in [0.25, 0.3) is 0 Å². The van der Waals surface area contributed by atoms with Gasteiger partial charge in [-0.2, -0.15) is 13.2 Å². The zero-order valence-corrected chi connectivity index (χ0v) is 14.3. The number of halogens is 3. The number of pyridine rings is 1. The van der Waals surface area contributed by atoms with Crippen LogP contribution in [-0.4, -0.2) is 47.9 Å². The average molecular weight is 370 g/mol. The van der Waals surface area contributed by atoms with E-state index >= 15 is 0 Å². The molecule has 2 aliphatic heterocycles. The van der Waals surface area contributed by atoms with Gasteiger partial charge in [-0.05, 0) is 36.8 Å². The summed E-state index contributed by atoms with van der Waals surface area (Å²) in [6.45, 7) is 1.51. The number of anilines is 1. The molecular weight excluding hydrogens is 349 g/mol. The van der Waals surface area contributed by atoms with Crippen molar-refractivity contribution < 1.29 is 22.8 Å². The molecule has 0 aromatic carbocycles. The van der Waals surface area contributed by atoms with Crippen LogP contribution in [0.4, 0.5) is 19.0 Å². The predicted octanol–water partition coefficient (Wildman–Crippen LogP) is 1.79.